The maximum atomic E-state index is 11.3. The van der Waals surface area contributed by atoms with E-state index in [0.29, 0.717) is 16.8 Å². The van der Waals surface area contributed by atoms with Crippen LogP contribution in [0.3, 0.4) is 0 Å². The van der Waals surface area contributed by atoms with Gasteiger partial charge in [0.05, 0.1) is 23.7 Å². The van der Waals surface area contributed by atoms with E-state index in [2.05, 4.69) is 9.97 Å². The van der Waals surface area contributed by atoms with Gasteiger partial charge in [-0.3, -0.25) is 4.79 Å². The van der Waals surface area contributed by atoms with Crippen LogP contribution in [0.2, 0.25) is 5.28 Å². The highest BCUT2D eigenvalue weighted by molar-refractivity contribution is 6.28. The predicted molar refractivity (Wildman–Crippen MR) is 76.9 cm³/mol. The molecule has 6 heteroatoms. The third-order valence-electron chi connectivity index (χ3n) is 3.33. The smallest absolute Gasteiger partial charge is 0.304 e. The van der Waals surface area contributed by atoms with Crippen LogP contribution in [0.25, 0.3) is 0 Å². The Bertz CT molecular complexity index is 727. The molecule has 0 saturated carbocycles. The molecule has 1 heterocycles. The van der Waals surface area contributed by atoms with Crippen LogP contribution in [0.4, 0.5) is 0 Å². The number of aliphatic carboxylic acids is 1. The molecule has 0 aliphatic heterocycles. The quantitative estimate of drug-likeness (QED) is 0.877. The molecule has 2 rings (SSSR count). The molecule has 0 amide bonds. The normalized spacial score (nSPS) is 13.2. The summed E-state index contributed by atoms with van der Waals surface area (Å²) in [4.78, 5) is 19.2. The van der Waals surface area contributed by atoms with E-state index in [1.54, 1.807) is 37.3 Å². The third-order valence-corrected chi connectivity index (χ3v) is 3.51. The molecule has 1 unspecified atom stereocenters. The fraction of sp³-hybridized carbons (Fsp3) is 0.200. The van der Waals surface area contributed by atoms with Gasteiger partial charge in [0.25, 0.3) is 0 Å². The summed E-state index contributed by atoms with van der Waals surface area (Å²) in [5, 5.41) is 18.3. The molecule has 1 atom stereocenters. The van der Waals surface area contributed by atoms with Crippen LogP contribution >= 0.6 is 11.6 Å². The lowest BCUT2D eigenvalue weighted by Crippen LogP contribution is -2.28. The number of nitrogens with zero attached hydrogens (tertiary/aromatic N) is 3. The fourth-order valence-corrected chi connectivity index (χ4v) is 2.36. The molecule has 0 bridgehead atoms. The minimum Gasteiger partial charge on any atom is -0.481 e. The standard InChI is InChI=1S/C15H12ClN3O2/c1-15(8-13(20)21,12-5-6-18-14(16)19-12)11-4-2-3-10(7-11)9-17/h2-7H,8H2,1H3,(H,20,21). The van der Waals surface area contributed by atoms with Crippen LogP contribution in [0, 0.1) is 11.3 Å². The van der Waals surface area contributed by atoms with Crippen molar-refractivity contribution in [2.45, 2.75) is 18.8 Å². The molecule has 1 aromatic carbocycles. The van der Waals surface area contributed by atoms with E-state index >= 15 is 0 Å². The Labute approximate surface area is 126 Å². The first-order valence-electron chi connectivity index (χ1n) is 6.17. The predicted octanol–water partition coefficient (Wildman–Crippen LogP) is 2.78. The van der Waals surface area contributed by atoms with Crippen molar-refractivity contribution in [2.24, 2.45) is 0 Å². The number of carboxylic acid groups (broad SMARTS) is 1. The number of rotatable bonds is 4. The summed E-state index contributed by atoms with van der Waals surface area (Å²) in [6, 6.07) is 10.5. The number of aromatic nitrogens is 2. The van der Waals surface area contributed by atoms with Crippen LogP contribution in [0.15, 0.2) is 36.5 Å². The fourth-order valence-electron chi connectivity index (χ4n) is 2.22. The zero-order valence-electron chi connectivity index (χ0n) is 11.2. The molecule has 0 radical (unpaired) electrons. The molecule has 21 heavy (non-hydrogen) atoms. The first kappa shape index (κ1) is 14.9. The maximum Gasteiger partial charge on any atom is 0.304 e. The Morgan fingerprint density at radius 1 is 1.48 bits per heavy atom. The van der Waals surface area contributed by atoms with Crippen LogP contribution in [0.1, 0.15) is 30.2 Å². The molecule has 0 aliphatic carbocycles. The second kappa shape index (κ2) is 5.90. The molecule has 0 aliphatic rings. The Hall–Kier alpha value is -2.45. The molecule has 1 N–H and O–H groups in total. The van der Waals surface area contributed by atoms with E-state index < -0.39 is 11.4 Å². The molecule has 0 fully saturated rings. The van der Waals surface area contributed by atoms with Gasteiger partial charge in [-0.2, -0.15) is 5.26 Å². The van der Waals surface area contributed by atoms with Gasteiger partial charge in [-0.1, -0.05) is 12.1 Å². The topological polar surface area (TPSA) is 86.9 Å². The van der Waals surface area contributed by atoms with Crippen LogP contribution in [-0.2, 0) is 10.2 Å². The number of halogens is 1. The highest BCUT2D eigenvalue weighted by Gasteiger charge is 2.33. The van der Waals surface area contributed by atoms with Crippen molar-refractivity contribution in [3.63, 3.8) is 0 Å². The minimum atomic E-state index is -0.963. The molecular formula is C15H12ClN3O2. The highest BCUT2D eigenvalue weighted by Crippen LogP contribution is 2.34. The van der Waals surface area contributed by atoms with Gasteiger partial charge >= 0.3 is 5.97 Å². The summed E-state index contributed by atoms with van der Waals surface area (Å²) < 4.78 is 0. The van der Waals surface area contributed by atoms with Gasteiger partial charge in [0.1, 0.15) is 0 Å². The lowest BCUT2D eigenvalue weighted by Gasteiger charge is -2.28. The summed E-state index contributed by atoms with van der Waals surface area (Å²) in [6.07, 6.45) is 1.31. The number of hydrogen-bond acceptors (Lipinski definition) is 4. The van der Waals surface area contributed by atoms with E-state index in [1.807, 2.05) is 6.07 Å². The average Bonchev–Trinajstić information content (AvgIpc) is 2.46. The van der Waals surface area contributed by atoms with Gasteiger partial charge < -0.3 is 5.11 Å². The molecular weight excluding hydrogens is 290 g/mol. The molecule has 0 spiro atoms. The van der Waals surface area contributed by atoms with Crippen molar-refractivity contribution < 1.29 is 9.90 Å². The molecule has 0 saturated heterocycles. The van der Waals surface area contributed by atoms with Crippen LogP contribution in [-0.4, -0.2) is 21.0 Å². The van der Waals surface area contributed by atoms with Gasteiger partial charge in [0, 0.05) is 11.6 Å². The van der Waals surface area contributed by atoms with Crippen molar-refractivity contribution in [3.8, 4) is 6.07 Å². The second-order valence-electron chi connectivity index (χ2n) is 4.81. The van der Waals surface area contributed by atoms with Gasteiger partial charge in [-0.25, -0.2) is 9.97 Å². The van der Waals surface area contributed by atoms with Gasteiger partial charge in [0.2, 0.25) is 5.28 Å². The van der Waals surface area contributed by atoms with Crippen molar-refractivity contribution in [1.29, 1.82) is 5.26 Å². The van der Waals surface area contributed by atoms with Crippen molar-refractivity contribution in [3.05, 3.63) is 58.6 Å². The summed E-state index contributed by atoms with van der Waals surface area (Å²) in [6.45, 7) is 1.76. The van der Waals surface area contributed by atoms with Gasteiger partial charge in [-0.15, -0.1) is 0 Å². The van der Waals surface area contributed by atoms with Gasteiger partial charge in [-0.05, 0) is 42.3 Å². The Balaban J connectivity index is 2.61. The number of carboxylic acids is 1. The Morgan fingerprint density at radius 2 is 2.24 bits per heavy atom. The zero-order valence-corrected chi connectivity index (χ0v) is 12.0. The van der Waals surface area contributed by atoms with E-state index in [-0.39, 0.29) is 11.7 Å². The minimum absolute atomic E-state index is 0.0561. The number of carbonyl (C=O) groups is 1. The van der Waals surface area contributed by atoms with Crippen molar-refractivity contribution >= 4 is 17.6 Å². The van der Waals surface area contributed by atoms with E-state index in [1.165, 1.54) is 6.20 Å². The Kier molecular flexibility index (Phi) is 4.20. The SMILES string of the molecule is CC(CC(=O)O)(c1cccc(C#N)c1)c1ccnc(Cl)n1. The summed E-state index contributed by atoms with van der Waals surface area (Å²) >= 11 is 5.81. The molecule has 1 aromatic heterocycles. The van der Waals surface area contributed by atoms with Crippen LogP contribution in [0.5, 0.6) is 0 Å². The largest absolute Gasteiger partial charge is 0.481 e. The van der Waals surface area contributed by atoms with Crippen molar-refractivity contribution in [1.82, 2.24) is 9.97 Å². The highest BCUT2D eigenvalue weighted by atomic mass is 35.5. The van der Waals surface area contributed by atoms with E-state index in [0.717, 1.165) is 0 Å². The van der Waals surface area contributed by atoms with E-state index in [4.69, 9.17) is 16.9 Å². The second-order valence-corrected chi connectivity index (χ2v) is 5.14. The lowest BCUT2D eigenvalue weighted by molar-refractivity contribution is -0.138. The number of nitriles is 1. The summed E-state index contributed by atoms with van der Waals surface area (Å²) in [5.74, 6) is -0.963. The first-order valence-corrected chi connectivity index (χ1v) is 6.55. The summed E-state index contributed by atoms with van der Waals surface area (Å²) in [5.41, 5.74) is 0.758. The van der Waals surface area contributed by atoms with Crippen LogP contribution < -0.4 is 0 Å². The summed E-state index contributed by atoms with van der Waals surface area (Å²) in [7, 11) is 0. The molecule has 2 aromatic rings. The van der Waals surface area contributed by atoms with Crippen molar-refractivity contribution in [2.75, 3.05) is 0 Å². The van der Waals surface area contributed by atoms with Gasteiger partial charge in [0.15, 0.2) is 0 Å². The molecule has 5 nitrogen and oxygen atoms in total. The maximum absolute atomic E-state index is 11.3. The number of hydrogen-bond donors (Lipinski definition) is 1. The third kappa shape index (κ3) is 3.18. The monoisotopic (exact) mass is 301 g/mol. The Morgan fingerprint density at radius 3 is 2.86 bits per heavy atom. The first-order chi connectivity index (χ1) is 9.95. The zero-order chi connectivity index (χ0) is 15.5. The average molecular weight is 302 g/mol. The molecule has 106 valence electrons. The number of benzene rings is 1. The van der Waals surface area contributed by atoms with E-state index in [9.17, 15) is 9.90 Å². The lowest BCUT2D eigenvalue weighted by atomic mass is 9.76.